The van der Waals surface area contributed by atoms with E-state index in [9.17, 15) is 18.0 Å². The van der Waals surface area contributed by atoms with Crippen molar-refractivity contribution in [2.45, 2.75) is 76.4 Å². The van der Waals surface area contributed by atoms with Crippen molar-refractivity contribution in [2.75, 3.05) is 10.8 Å². The summed E-state index contributed by atoms with van der Waals surface area (Å²) in [6.07, 6.45) is 4.34. The minimum atomic E-state index is -4.18. The number of ether oxygens (including phenoxy) is 1. The van der Waals surface area contributed by atoms with E-state index in [2.05, 4.69) is 5.32 Å². The van der Waals surface area contributed by atoms with E-state index in [-0.39, 0.29) is 23.4 Å². The van der Waals surface area contributed by atoms with E-state index >= 15 is 0 Å². The molecule has 0 bridgehead atoms. The number of nitrogens with one attached hydrogen (secondary N) is 1. The Morgan fingerprint density at radius 2 is 1.38 bits per heavy atom. The number of hydrogen-bond acceptors (Lipinski definition) is 5. The van der Waals surface area contributed by atoms with Crippen molar-refractivity contribution in [2.24, 2.45) is 0 Å². The molecule has 8 nitrogen and oxygen atoms in total. The Kier molecular flexibility index (Phi) is 11.0. The monoisotopic (exact) mass is 653 g/mol. The summed E-state index contributed by atoms with van der Waals surface area (Å²) in [6, 6.07) is 29.6. The standard InChI is InChI=1S/C38H43N3O5S/c1-4-36(38(43)39-31-10-8-9-11-31)40(26-30-18-14-28(2)15-19-30)37(42)27-41(47(44,45)35-24-16-29(3)17-25-35)32-20-22-34(23-21-32)46-33-12-6-5-7-13-33/h5-7,12-25,31,36H,4,8-11,26-27H2,1-3H3,(H,39,43). The first-order valence-corrected chi connectivity index (χ1v) is 17.7. The highest BCUT2D eigenvalue weighted by Gasteiger charge is 2.34. The summed E-state index contributed by atoms with van der Waals surface area (Å²) in [5, 5.41) is 3.15. The summed E-state index contributed by atoms with van der Waals surface area (Å²) in [5.74, 6) is 0.483. The molecule has 0 saturated heterocycles. The molecule has 246 valence electrons. The van der Waals surface area contributed by atoms with E-state index < -0.39 is 28.5 Å². The normalized spacial score (nSPS) is 13.9. The predicted molar refractivity (Wildman–Crippen MR) is 185 cm³/mol. The summed E-state index contributed by atoms with van der Waals surface area (Å²) in [5.41, 5.74) is 3.15. The fourth-order valence-electron chi connectivity index (χ4n) is 5.85. The van der Waals surface area contributed by atoms with Crippen LogP contribution >= 0.6 is 0 Å². The largest absolute Gasteiger partial charge is 0.457 e. The molecule has 47 heavy (non-hydrogen) atoms. The van der Waals surface area contributed by atoms with Gasteiger partial charge >= 0.3 is 0 Å². The maximum absolute atomic E-state index is 14.4. The fraction of sp³-hybridized carbons (Fsp3) is 0.316. The summed E-state index contributed by atoms with van der Waals surface area (Å²) in [4.78, 5) is 29.7. The van der Waals surface area contributed by atoms with Gasteiger partial charge in [0.05, 0.1) is 10.6 Å². The molecule has 0 spiro atoms. The van der Waals surface area contributed by atoms with Gasteiger partial charge in [-0.1, -0.05) is 85.5 Å². The first-order chi connectivity index (χ1) is 22.6. The molecule has 4 aromatic carbocycles. The predicted octanol–water partition coefficient (Wildman–Crippen LogP) is 7.16. The second-order valence-corrected chi connectivity index (χ2v) is 14.0. The first-order valence-electron chi connectivity index (χ1n) is 16.2. The number of para-hydroxylation sites is 1. The minimum absolute atomic E-state index is 0.0663. The van der Waals surface area contributed by atoms with E-state index in [1.807, 2.05) is 75.4 Å². The van der Waals surface area contributed by atoms with Crippen LogP contribution in [-0.4, -0.2) is 43.8 Å². The Morgan fingerprint density at radius 3 is 1.98 bits per heavy atom. The molecule has 1 saturated carbocycles. The van der Waals surface area contributed by atoms with Gasteiger partial charge < -0.3 is 15.0 Å². The van der Waals surface area contributed by atoms with Crippen LogP contribution in [0.25, 0.3) is 0 Å². The van der Waals surface area contributed by atoms with E-state index in [1.54, 1.807) is 48.5 Å². The summed E-state index contributed by atoms with van der Waals surface area (Å²) >= 11 is 0. The van der Waals surface area contributed by atoms with Gasteiger partial charge in [0.1, 0.15) is 24.1 Å². The number of nitrogens with zero attached hydrogens (tertiary/aromatic N) is 2. The van der Waals surface area contributed by atoms with Gasteiger partial charge in [-0.25, -0.2) is 8.42 Å². The molecule has 0 radical (unpaired) electrons. The zero-order chi connectivity index (χ0) is 33.4. The third kappa shape index (κ3) is 8.60. The van der Waals surface area contributed by atoms with Crippen molar-refractivity contribution in [3.63, 3.8) is 0 Å². The van der Waals surface area contributed by atoms with Gasteiger partial charge in [0, 0.05) is 12.6 Å². The lowest BCUT2D eigenvalue weighted by atomic mass is 10.1. The van der Waals surface area contributed by atoms with Crippen LogP contribution in [-0.2, 0) is 26.2 Å². The molecular formula is C38H43N3O5S. The third-order valence-electron chi connectivity index (χ3n) is 8.55. The molecule has 0 aromatic heterocycles. The molecule has 4 aromatic rings. The van der Waals surface area contributed by atoms with Crippen molar-refractivity contribution < 1.29 is 22.7 Å². The van der Waals surface area contributed by atoms with Crippen molar-refractivity contribution in [3.8, 4) is 11.5 Å². The molecule has 1 N–H and O–H groups in total. The lowest BCUT2D eigenvalue weighted by Crippen LogP contribution is -2.53. The number of aryl methyl sites for hydroxylation is 2. The Balaban J connectivity index is 1.49. The molecule has 5 rings (SSSR count). The molecule has 0 aliphatic heterocycles. The van der Waals surface area contributed by atoms with Gasteiger partial charge in [0.25, 0.3) is 10.0 Å². The Labute approximate surface area is 278 Å². The number of rotatable bonds is 13. The quantitative estimate of drug-likeness (QED) is 0.165. The van der Waals surface area contributed by atoms with Crippen molar-refractivity contribution >= 4 is 27.5 Å². The summed E-state index contributed by atoms with van der Waals surface area (Å²) in [6.45, 7) is 5.42. The number of amides is 2. The second kappa shape index (κ2) is 15.3. The van der Waals surface area contributed by atoms with Crippen LogP contribution in [0.2, 0.25) is 0 Å². The molecule has 0 heterocycles. The molecule has 1 aliphatic rings. The van der Waals surface area contributed by atoms with Crippen LogP contribution in [0.5, 0.6) is 11.5 Å². The van der Waals surface area contributed by atoms with E-state index in [0.29, 0.717) is 23.6 Å². The van der Waals surface area contributed by atoms with Crippen molar-refractivity contribution in [1.82, 2.24) is 10.2 Å². The first kappa shape index (κ1) is 33.7. The molecule has 1 fully saturated rings. The number of hydrogen-bond donors (Lipinski definition) is 1. The topological polar surface area (TPSA) is 96.0 Å². The molecular weight excluding hydrogens is 611 g/mol. The highest BCUT2D eigenvalue weighted by atomic mass is 32.2. The van der Waals surface area contributed by atoms with Crippen LogP contribution in [0.3, 0.4) is 0 Å². The maximum atomic E-state index is 14.4. The van der Waals surface area contributed by atoms with Crippen molar-refractivity contribution in [1.29, 1.82) is 0 Å². The molecule has 9 heteroatoms. The highest BCUT2D eigenvalue weighted by Crippen LogP contribution is 2.29. The number of carbonyl (C=O) groups is 2. The Morgan fingerprint density at radius 1 is 0.809 bits per heavy atom. The number of carbonyl (C=O) groups excluding carboxylic acids is 2. The van der Waals surface area contributed by atoms with Gasteiger partial charge in [0.15, 0.2) is 0 Å². The molecule has 2 amide bonds. The Hall–Kier alpha value is -4.63. The van der Waals surface area contributed by atoms with Gasteiger partial charge in [-0.2, -0.15) is 0 Å². The van der Waals surface area contributed by atoms with Crippen LogP contribution in [0.15, 0.2) is 108 Å². The maximum Gasteiger partial charge on any atom is 0.264 e. The second-order valence-electron chi connectivity index (χ2n) is 12.2. The van der Waals surface area contributed by atoms with Crippen LogP contribution < -0.4 is 14.4 Å². The Bertz CT molecular complexity index is 1740. The lowest BCUT2D eigenvalue weighted by Gasteiger charge is -2.34. The van der Waals surface area contributed by atoms with Crippen LogP contribution in [0, 0.1) is 13.8 Å². The summed E-state index contributed by atoms with van der Waals surface area (Å²) < 4.78 is 35.5. The van der Waals surface area contributed by atoms with Crippen LogP contribution in [0.4, 0.5) is 5.69 Å². The number of benzene rings is 4. The third-order valence-corrected chi connectivity index (χ3v) is 10.3. The molecule has 1 aliphatic carbocycles. The molecule has 1 unspecified atom stereocenters. The zero-order valence-electron chi connectivity index (χ0n) is 27.3. The SMILES string of the molecule is CCC(C(=O)NC1CCCC1)N(Cc1ccc(C)cc1)C(=O)CN(c1ccc(Oc2ccccc2)cc1)S(=O)(=O)c1ccc(C)cc1. The zero-order valence-corrected chi connectivity index (χ0v) is 28.1. The van der Waals surface area contributed by atoms with Gasteiger partial charge in [-0.3, -0.25) is 13.9 Å². The van der Waals surface area contributed by atoms with E-state index in [0.717, 1.165) is 46.7 Å². The van der Waals surface area contributed by atoms with E-state index in [4.69, 9.17) is 4.74 Å². The average molecular weight is 654 g/mol. The van der Waals surface area contributed by atoms with Gasteiger partial charge in [-0.05, 0) is 87.2 Å². The minimum Gasteiger partial charge on any atom is -0.457 e. The number of sulfonamides is 1. The average Bonchev–Trinajstić information content (AvgIpc) is 3.58. The van der Waals surface area contributed by atoms with Crippen molar-refractivity contribution in [3.05, 3.63) is 120 Å². The van der Waals surface area contributed by atoms with Gasteiger partial charge in [0.2, 0.25) is 11.8 Å². The highest BCUT2D eigenvalue weighted by molar-refractivity contribution is 7.92. The fourth-order valence-corrected chi connectivity index (χ4v) is 7.26. The van der Waals surface area contributed by atoms with Gasteiger partial charge in [-0.15, -0.1) is 0 Å². The van der Waals surface area contributed by atoms with Crippen LogP contribution in [0.1, 0.15) is 55.7 Å². The lowest BCUT2D eigenvalue weighted by molar-refractivity contribution is -0.140. The van der Waals surface area contributed by atoms with E-state index in [1.165, 1.54) is 4.90 Å². The molecule has 1 atom stereocenters. The smallest absolute Gasteiger partial charge is 0.264 e. The summed E-state index contributed by atoms with van der Waals surface area (Å²) in [7, 11) is -4.18. The number of anilines is 1.